The Kier molecular flexibility index (Phi) is 4.23. The molecule has 0 bridgehead atoms. The lowest BCUT2D eigenvalue weighted by Crippen LogP contribution is -2.12. The number of hydrogen-bond acceptors (Lipinski definition) is 3. The minimum atomic E-state index is -0.0972. The molecular weight excluding hydrogens is 348 g/mol. The molecule has 0 atom stereocenters. The normalized spacial score (nSPS) is 11.0. The van der Waals surface area contributed by atoms with Crippen molar-refractivity contribution < 1.29 is 9.52 Å². The summed E-state index contributed by atoms with van der Waals surface area (Å²) in [4.78, 5) is 13.1. The van der Waals surface area contributed by atoms with Gasteiger partial charge in [-0.05, 0) is 48.0 Å². The molecule has 1 N–H and O–H groups in total. The Hall–Kier alpha value is -3.04. The molecule has 0 saturated carbocycles. The van der Waals surface area contributed by atoms with E-state index in [0.29, 0.717) is 32.9 Å². The van der Waals surface area contributed by atoms with E-state index in [1.165, 1.54) is 0 Å². The molecule has 0 spiro atoms. The fourth-order valence-corrected chi connectivity index (χ4v) is 3.15. The minimum Gasteiger partial charge on any atom is -0.508 e. The van der Waals surface area contributed by atoms with E-state index in [2.05, 4.69) is 0 Å². The number of phenols is 1. The number of aromatic hydroxyl groups is 1. The van der Waals surface area contributed by atoms with Gasteiger partial charge in [-0.15, -0.1) is 0 Å². The topological polar surface area (TPSA) is 50.4 Å². The minimum absolute atomic E-state index is 0.0972. The van der Waals surface area contributed by atoms with E-state index in [-0.39, 0.29) is 17.6 Å². The molecule has 128 valence electrons. The third kappa shape index (κ3) is 2.98. The Balaban J connectivity index is 1.98. The van der Waals surface area contributed by atoms with Gasteiger partial charge in [0.15, 0.2) is 5.43 Å². The second-order valence-electron chi connectivity index (χ2n) is 6.05. The lowest BCUT2D eigenvalue weighted by molar-refractivity contribution is 0.469. The van der Waals surface area contributed by atoms with Crippen molar-refractivity contribution in [2.75, 3.05) is 0 Å². The first-order chi connectivity index (χ1) is 12.6. The van der Waals surface area contributed by atoms with Crippen LogP contribution in [-0.4, -0.2) is 5.11 Å². The molecule has 0 amide bonds. The maximum absolute atomic E-state index is 13.1. The van der Waals surface area contributed by atoms with Gasteiger partial charge < -0.3 is 9.52 Å². The van der Waals surface area contributed by atoms with Crippen LogP contribution in [0.3, 0.4) is 0 Å². The van der Waals surface area contributed by atoms with Crippen molar-refractivity contribution in [2.24, 2.45) is 0 Å². The maximum Gasteiger partial charge on any atom is 0.196 e. The molecule has 0 aliphatic rings. The van der Waals surface area contributed by atoms with E-state index in [9.17, 15) is 9.90 Å². The third-order valence-electron chi connectivity index (χ3n) is 4.36. The summed E-state index contributed by atoms with van der Waals surface area (Å²) >= 11 is 5.99. The number of para-hydroxylation sites is 2. The fraction of sp³-hybridized carbons (Fsp3) is 0.0455. The molecule has 1 aromatic heterocycles. The van der Waals surface area contributed by atoms with E-state index in [1.807, 2.05) is 30.3 Å². The Bertz CT molecular complexity index is 1140. The first-order valence-corrected chi connectivity index (χ1v) is 8.59. The zero-order valence-corrected chi connectivity index (χ0v) is 14.5. The van der Waals surface area contributed by atoms with Gasteiger partial charge in [0.1, 0.15) is 17.1 Å². The molecule has 3 nitrogen and oxygen atoms in total. The van der Waals surface area contributed by atoms with E-state index in [1.54, 1.807) is 42.5 Å². The average Bonchev–Trinajstić information content (AvgIpc) is 2.66. The van der Waals surface area contributed by atoms with Gasteiger partial charge in [-0.25, -0.2) is 0 Å². The van der Waals surface area contributed by atoms with E-state index in [0.717, 1.165) is 5.56 Å². The summed E-state index contributed by atoms with van der Waals surface area (Å²) in [6, 6.07) is 21.3. The molecule has 0 fully saturated rings. The number of fused-ring (bicyclic) bond motifs is 1. The number of phenolic OH excluding ortho intramolecular Hbond substituents is 1. The van der Waals surface area contributed by atoms with Gasteiger partial charge in [-0.1, -0.05) is 41.9 Å². The van der Waals surface area contributed by atoms with E-state index < -0.39 is 0 Å². The molecule has 26 heavy (non-hydrogen) atoms. The summed E-state index contributed by atoms with van der Waals surface area (Å²) in [5, 5.41) is 11.3. The predicted octanol–water partition coefficient (Wildman–Crippen LogP) is 5.41. The highest BCUT2D eigenvalue weighted by atomic mass is 35.5. The molecule has 4 rings (SSSR count). The van der Waals surface area contributed by atoms with Gasteiger partial charge in [0, 0.05) is 22.6 Å². The summed E-state index contributed by atoms with van der Waals surface area (Å²) in [6.07, 6.45) is 0.276. The van der Waals surface area contributed by atoms with Gasteiger partial charge >= 0.3 is 0 Å². The molecule has 0 radical (unpaired) electrons. The van der Waals surface area contributed by atoms with Crippen molar-refractivity contribution in [3.8, 4) is 17.1 Å². The van der Waals surface area contributed by atoms with Crippen LogP contribution in [0.1, 0.15) is 11.1 Å². The second-order valence-corrected chi connectivity index (χ2v) is 6.48. The number of benzene rings is 3. The van der Waals surface area contributed by atoms with Crippen LogP contribution in [0.5, 0.6) is 5.75 Å². The number of hydrogen-bond donors (Lipinski definition) is 1. The Morgan fingerprint density at radius 3 is 2.35 bits per heavy atom. The lowest BCUT2D eigenvalue weighted by atomic mass is 9.98. The largest absolute Gasteiger partial charge is 0.508 e. The monoisotopic (exact) mass is 362 g/mol. The van der Waals surface area contributed by atoms with E-state index in [4.69, 9.17) is 16.0 Å². The summed E-state index contributed by atoms with van der Waals surface area (Å²) in [5.41, 5.74) is 2.38. The van der Waals surface area contributed by atoms with Crippen LogP contribution < -0.4 is 5.43 Å². The summed E-state index contributed by atoms with van der Waals surface area (Å²) in [7, 11) is 0. The van der Waals surface area contributed by atoms with Crippen molar-refractivity contribution in [1.82, 2.24) is 0 Å². The van der Waals surface area contributed by atoms with Crippen LogP contribution in [-0.2, 0) is 6.42 Å². The zero-order chi connectivity index (χ0) is 18.1. The Labute approximate surface area is 155 Å². The molecule has 0 saturated heterocycles. The average molecular weight is 363 g/mol. The summed E-state index contributed by atoms with van der Waals surface area (Å²) in [6.45, 7) is 0. The van der Waals surface area contributed by atoms with E-state index >= 15 is 0 Å². The van der Waals surface area contributed by atoms with Crippen LogP contribution in [0.2, 0.25) is 5.02 Å². The quantitative estimate of drug-likeness (QED) is 0.530. The number of rotatable bonds is 3. The van der Waals surface area contributed by atoms with Crippen LogP contribution in [0.15, 0.2) is 82.0 Å². The SMILES string of the molecule is O=c1c(Cc2ccccc2O)c(-c2ccc(Cl)cc2)oc2ccccc12. The Morgan fingerprint density at radius 2 is 1.58 bits per heavy atom. The second kappa shape index (κ2) is 6.70. The van der Waals surface area contributed by atoms with Crippen molar-refractivity contribution in [2.45, 2.75) is 6.42 Å². The predicted molar refractivity (Wildman–Crippen MR) is 104 cm³/mol. The molecule has 4 aromatic rings. The highest BCUT2D eigenvalue weighted by Gasteiger charge is 2.17. The summed E-state index contributed by atoms with van der Waals surface area (Å²) in [5.74, 6) is 0.649. The van der Waals surface area contributed by atoms with Crippen molar-refractivity contribution >= 4 is 22.6 Å². The van der Waals surface area contributed by atoms with Gasteiger partial charge in [-0.3, -0.25) is 4.79 Å². The zero-order valence-electron chi connectivity index (χ0n) is 13.8. The summed E-state index contributed by atoms with van der Waals surface area (Å²) < 4.78 is 6.09. The van der Waals surface area contributed by atoms with Gasteiger partial charge in [0.05, 0.1) is 5.39 Å². The molecule has 4 heteroatoms. The molecular formula is C22H15ClO3. The van der Waals surface area contributed by atoms with Crippen molar-refractivity contribution in [1.29, 1.82) is 0 Å². The smallest absolute Gasteiger partial charge is 0.196 e. The Morgan fingerprint density at radius 1 is 0.885 bits per heavy atom. The highest BCUT2D eigenvalue weighted by Crippen LogP contribution is 2.30. The van der Waals surface area contributed by atoms with Crippen LogP contribution in [0, 0.1) is 0 Å². The first kappa shape index (κ1) is 16.4. The van der Waals surface area contributed by atoms with Gasteiger partial charge in [0.25, 0.3) is 0 Å². The van der Waals surface area contributed by atoms with Crippen LogP contribution >= 0.6 is 11.6 Å². The molecule has 0 unspecified atom stereocenters. The number of halogens is 1. The molecule has 0 aliphatic heterocycles. The van der Waals surface area contributed by atoms with Crippen molar-refractivity contribution in [3.63, 3.8) is 0 Å². The maximum atomic E-state index is 13.1. The van der Waals surface area contributed by atoms with Crippen LogP contribution in [0.4, 0.5) is 0 Å². The standard InChI is InChI=1S/C22H15ClO3/c23-16-11-9-14(10-12-16)22-18(13-15-5-1-3-7-19(15)24)21(25)17-6-2-4-8-20(17)26-22/h1-12,24H,13H2. The van der Waals surface area contributed by atoms with Gasteiger partial charge in [-0.2, -0.15) is 0 Å². The van der Waals surface area contributed by atoms with Gasteiger partial charge in [0.2, 0.25) is 0 Å². The molecule has 1 heterocycles. The van der Waals surface area contributed by atoms with Crippen LogP contribution in [0.25, 0.3) is 22.3 Å². The first-order valence-electron chi connectivity index (χ1n) is 8.21. The molecule has 3 aromatic carbocycles. The fourth-order valence-electron chi connectivity index (χ4n) is 3.03. The third-order valence-corrected chi connectivity index (χ3v) is 4.61. The van der Waals surface area contributed by atoms with Crippen molar-refractivity contribution in [3.05, 3.63) is 99.2 Å². The molecule has 0 aliphatic carbocycles. The highest BCUT2D eigenvalue weighted by molar-refractivity contribution is 6.30. The lowest BCUT2D eigenvalue weighted by Gasteiger charge is -2.11.